The number of hydrogen-bond acceptors (Lipinski definition) is 4. The molecule has 1 amide bonds. The standard InChI is InChI=1S/C13H23N3O2/c17-13(18-12-3-5-14-6-4-12)16-9-7-15(8-10-16)11-1-2-11/h11-12,14H,1-10H2. The van der Waals surface area contributed by atoms with Crippen molar-refractivity contribution in [3.8, 4) is 0 Å². The van der Waals surface area contributed by atoms with Crippen molar-refractivity contribution in [1.82, 2.24) is 15.1 Å². The normalized spacial score (nSPS) is 27.2. The molecule has 5 heteroatoms. The van der Waals surface area contributed by atoms with Gasteiger partial charge in [-0.25, -0.2) is 4.79 Å². The zero-order chi connectivity index (χ0) is 12.4. The summed E-state index contributed by atoms with van der Waals surface area (Å²) in [5.74, 6) is 0. The number of carbonyl (C=O) groups is 1. The summed E-state index contributed by atoms with van der Waals surface area (Å²) < 4.78 is 5.57. The van der Waals surface area contributed by atoms with E-state index in [9.17, 15) is 4.79 Å². The molecule has 18 heavy (non-hydrogen) atoms. The smallest absolute Gasteiger partial charge is 0.410 e. The number of rotatable bonds is 2. The first-order chi connectivity index (χ1) is 8.83. The maximum absolute atomic E-state index is 12.0. The Morgan fingerprint density at radius 3 is 2.28 bits per heavy atom. The van der Waals surface area contributed by atoms with Gasteiger partial charge in [0.1, 0.15) is 6.10 Å². The van der Waals surface area contributed by atoms with Crippen molar-refractivity contribution < 1.29 is 9.53 Å². The molecule has 0 unspecified atom stereocenters. The van der Waals surface area contributed by atoms with Crippen molar-refractivity contribution in [1.29, 1.82) is 0 Å². The number of amides is 1. The third-order valence-electron chi connectivity index (χ3n) is 4.19. The fourth-order valence-corrected chi connectivity index (χ4v) is 2.84. The van der Waals surface area contributed by atoms with Gasteiger partial charge in [-0.3, -0.25) is 4.90 Å². The first-order valence-corrected chi connectivity index (χ1v) is 7.23. The highest BCUT2D eigenvalue weighted by atomic mass is 16.6. The molecule has 1 aliphatic carbocycles. The highest BCUT2D eigenvalue weighted by Crippen LogP contribution is 2.27. The minimum absolute atomic E-state index is 0.0997. The summed E-state index contributed by atoms with van der Waals surface area (Å²) in [7, 11) is 0. The predicted octanol–water partition coefficient (Wildman–Crippen LogP) is 0.655. The molecule has 0 radical (unpaired) electrons. The van der Waals surface area contributed by atoms with E-state index in [1.54, 1.807) is 0 Å². The van der Waals surface area contributed by atoms with Gasteiger partial charge in [-0.05, 0) is 38.8 Å². The predicted molar refractivity (Wildman–Crippen MR) is 68.5 cm³/mol. The average Bonchev–Trinajstić information content (AvgIpc) is 3.24. The lowest BCUT2D eigenvalue weighted by atomic mass is 10.1. The molecule has 0 bridgehead atoms. The molecule has 2 aliphatic heterocycles. The fourth-order valence-electron chi connectivity index (χ4n) is 2.84. The lowest BCUT2D eigenvalue weighted by Gasteiger charge is -2.35. The second-order valence-electron chi connectivity index (χ2n) is 5.59. The Hall–Kier alpha value is -0.810. The van der Waals surface area contributed by atoms with Crippen LogP contribution in [0.15, 0.2) is 0 Å². The van der Waals surface area contributed by atoms with Gasteiger partial charge in [0.2, 0.25) is 0 Å². The number of piperazine rings is 1. The van der Waals surface area contributed by atoms with E-state index >= 15 is 0 Å². The van der Waals surface area contributed by atoms with Crippen molar-refractivity contribution >= 4 is 6.09 Å². The number of nitrogens with one attached hydrogen (secondary N) is 1. The Morgan fingerprint density at radius 2 is 1.67 bits per heavy atom. The van der Waals surface area contributed by atoms with Crippen molar-refractivity contribution in [2.45, 2.75) is 37.8 Å². The van der Waals surface area contributed by atoms with Crippen LogP contribution in [0.3, 0.4) is 0 Å². The van der Waals surface area contributed by atoms with Crippen LogP contribution in [0.25, 0.3) is 0 Å². The summed E-state index contributed by atoms with van der Waals surface area (Å²) >= 11 is 0. The topological polar surface area (TPSA) is 44.8 Å². The van der Waals surface area contributed by atoms with E-state index in [4.69, 9.17) is 4.74 Å². The van der Waals surface area contributed by atoms with Crippen LogP contribution in [-0.4, -0.2) is 67.3 Å². The largest absolute Gasteiger partial charge is 0.446 e. The van der Waals surface area contributed by atoms with Crippen LogP contribution in [0.2, 0.25) is 0 Å². The Bertz CT molecular complexity index is 293. The second-order valence-corrected chi connectivity index (χ2v) is 5.59. The van der Waals surface area contributed by atoms with Crippen LogP contribution in [0, 0.1) is 0 Å². The molecule has 5 nitrogen and oxygen atoms in total. The molecule has 0 aromatic carbocycles. The molecule has 0 aromatic heterocycles. The second kappa shape index (κ2) is 5.45. The maximum atomic E-state index is 12.0. The molecule has 2 saturated heterocycles. The minimum atomic E-state index is -0.0997. The lowest BCUT2D eigenvalue weighted by Crippen LogP contribution is -2.50. The van der Waals surface area contributed by atoms with Gasteiger partial charge in [0.05, 0.1) is 0 Å². The highest BCUT2D eigenvalue weighted by molar-refractivity contribution is 5.68. The van der Waals surface area contributed by atoms with Crippen LogP contribution in [0.5, 0.6) is 0 Å². The van der Waals surface area contributed by atoms with Crippen LogP contribution in [0.1, 0.15) is 25.7 Å². The van der Waals surface area contributed by atoms with Crippen molar-refractivity contribution in [3.63, 3.8) is 0 Å². The van der Waals surface area contributed by atoms with E-state index in [2.05, 4.69) is 10.2 Å². The van der Waals surface area contributed by atoms with Gasteiger partial charge < -0.3 is 15.0 Å². The van der Waals surface area contributed by atoms with Gasteiger partial charge in [-0.15, -0.1) is 0 Å². The van der Waals surface area contributed by atoms with Crippen LogP contribution < -0.4 is 5.32 Å². The van der Waals surface area contributed by atoms with Crippen LogP contribution >= 0.6 is 0 Å². The van der Waals surface area contributed by atoms with E-state index in [1.165, 1.54) is 12.8 Å². The molecule has 1 saturated carbocycles. The maximum Gasteiger partial charge on any atom is 0.410 e. The quantitative estimate of drug-likeness (QED) is 0.785. The molecule has 0 spiro atoms. The first kappa shape index (κ1) is 12.2. The Morgan fingerprint density at radius 1 is 1.00 bits per heavy atom. The number of hydrogen-bond donors (Lipinski definition) is 1. The van der Waals surface area contributed by atoms with Crippen LogP contribution in [-0.2, 0) is 4.74 Å². The Kier molecular flexibility index (Phi) is 3.70. The van der Waals surface area contributed by atoms with E-state index in [-0.39, 0.29) is 12.2 Å². The Labute approximate surface area is 108 Å². The first-order valence-electron chi connectivity index (χ1n) is 7.23. The minimum Gasteiger partial charge on any atom is -0.446 e. The number of nitrogens with zero attached hydrogens (tertiary/aromatic N) is 2. The zero-order valence-electron chi connectivity index (χ0n) is 10.9. The number of piperidine rings is 1. The SMILES string of the molecule is O=C(OC1CCNCC1)N1CCN(C2CC2)CC1. The van der Waals surface area contributed by atoms with E-state index in [0.717, 1.165) is 58.2 Å². The van der Waals surface area contributed by atoms with Gasteiger partial charge in [0.25, 0.3) is 0 Å². The average molecular weight is 253 g/mol. The molecule has 3 fully saturated rings. The molecule has 102 valence electrons. The highest BCUT2D eigenvalue weighted by Gasteiger charge is 2.33. The van der Waals surface area contributed by atoms with E-state index in [1.807, 2.05) is 4.90 Å². The van der Waals surface area contributed by atoms with Gasteiger partial charge in [0, 0.05) is 32.2 Å². The summed E-state index contributed by atoms with van der Waals surface area (Å²) in [6, 6.07) is 0.813. The van der Waals surface area contributed by atoms with Crippen LogP contribution in [0.4, 0.5) is 4.79 Å². The van der Waals surface area contributed by atoms with Gasteiger partial charge in [0.15, 0.2) is 0 Å². The van der Waals surface area contributed by atoms with E-state index in [0.29, 0.717) is 0 Å². The lowest BCUT2D eigenvalue weighted by molar-refractivity contribution is 0.0345. The molecule has 0 atom stereocenters. The fraction of sp³-hybridized carbons (Fsp3) is 0.923. The van der Waals surface area contributed by atoms with E-state index < -0.39 is 0 Å². The van der Waals surface area contributed by atoms with Crippen molar-refractivity contribution in [2.75, 3.05) is 39.3 Å². The zero-order valence-corrected chi connectivity index (χ0v) is 10.9. The van der Waals surface area contributed by atoms with Gasteiger partial charge in [-0.2, -0.15) is 0 Å². The molecule has 3 rings (SSSR count). The summed E-state index contributed by atoms with van der Waals surface area (Å²) in [5.41, 5.74) is 0. The van der Waals surface area contributed by atoms with Gasteiger partial charge in [-0.1, -0.05) is 0 Å². The third kappa shape index (κ3) is 2.95. The molecule has 1 N–H and O–H groups in total. The molecular formula is C13H23N3O2. The van der Waals surface area contributed by atoms with Crippen molar-refractivity contribution in [2.24, 2.45) is 0 Å². The summed E-state index contributed by atoms with van der Waals surface area (Å²) in [5, 5.41) is 3.28. The number of carbonyl (C=O) groups excluding carboxylic acids is 1. The third-order valence-corrected chi connectivity index (χ3v) is 4.19. The molecule has 3 aliphatic rings. The monoisotopic (exact) mass is 253 g/mol. The van der Waals surface area contributed by atoms with Crippen molar-refractivity contribution in [3.05, 3.63) is 0 Å². The summed E-state index contributed by atoms with van der Waals surface area (Å²) in [6.45, 7) is 5.64. The summed E-state index contributed by atoms with van der Waals surface area (Å²) in [6.07, 6.45) is 4.62. The molecule has 0 aromatic rings. The molecular weight excluding hydrogens is 230 g/mol. The summed E-state index contributed by atoms with van der Waals surface area (Å²) in [4.78, 5) is 16.4. The number of ether oxygens (including phenoxy) is 1. The Balaban J connectivity index is 1.42. The molecule has 2 heterocycles. The van der Waals surface area contributed by atoms with Gasteiger partial charge >= 0.3 is 6.09 Å².